The number of carbonyl (C=O) groups excluding carboxylic acids is 2. The van der Waals surface area contributed by atoms with E-state index >= 15 is 0 Å². The number of oxazole rings is 1. The number of amides is 2. The molecule has 1 atom stereocenters. The number of ether oxygens (including phenoxy) is 2. The topological polar surface area (TPSA) is 141 Å². The Kier molecular flexibility index (Phi) is 8.39. The minimum absolute atomic E-state index is 0.0711. The number of alkyl carbamates (subject to hydrolysis) is 1. The van der Waals surface area contributed by atoms with Crippen LogP contribution in [0.3, 0.4) is 0 Å². The third-order valence-electron chi connectivity index (χ3n) is 5.48. The molecule has 0 bridgehead atoms. The van der Waals surface area contributed by atoms with Crippen LogP contribution >= 0.6 is 15.9 Å². The Bertz CT molecular complexity index is 1510. The number of carbonyl (C=O) groups is 2. The highest BCUT2D eigenvalue weighted by atomic mass is 79.9. The van der Waals surface area contributed by atoms with Crippen molar-refractivity contribution in [2.75, 3.05) is 6.61 Å². The lowest BCUT2D eigenvalue weighted by molar-refractivity contribution is -0.909. The number of rotatable bonds is 9. The standard InChI is InChI=1S/C26H21BrF2N4O6/c1-14-5-7-15(8-6-14)22-23(27)39-25(32-22)19(38-18-10-9-17(28)20(21(18)29)24(30)34)13-37-26(35)31-12-16-4-2-3-11-33(16)36/h2-11,19H,12-13H2,1H3,(H3-,30,31,34,35,36)/p+1. The number of aryl methyl sites for hydroxylation is 1. The van der Waals surface area contributed by atoms with Gasteiger partial charge in [0, 0.05) is 22.4 Å². The quantitative estimate of drug-likeness (QED) is 0.191. The van der Waals surface area contributed by atoms with E-state index in [9.17, 15) is 23.6 Å². The summed E-state index contributed by atoms with van der Waals surface area (Å²) in [7, 11) is 0. The predicted molar refractivity (Wildman–Crippen MR) is 135 cm³/mol. The van der Waals surface area contributed by atoms with Crippen LogP contribution in [-0.4, -0.2) is 28.8 Å². The van der Waals surface area contributed by atoms with Crippen molar-refractivity contribution in [3.8, 4) is 17.0 Å². The average molecular weight is 604 g/mol. The maximum absolute atomic E-state index is 14.9. The molecular formula is C26H22BrF2N4O6+. The second-order valence-electron chi connectivity index (χ2n) is 8.23. The third-order valence-corrected chi connectivity index (χ3v) is 6.01. The Morgan fingerprint density at radius 3 is 2.62 bits per heavy atom. The summed E-state index contributed by atoms with van der Waals surface area (Å²) in [6.07, 6.45) is -0.837. The zero-order valence-electron chi connectivity index (χ0n) is 20.4. The van der Waals surface area contributed by atoms with E-state index in [1.807, 2.05) is 31.2 Å². The summed E-state index contributed by atoms with van der Waals surface area (Å²) in [4.78, 5) is 28.4. The van der Waals surface area contributed by atoms with E-state index in [-0.39, 0.29) is 17.1 Å². The molecule has 1 unspecified atom stereocenters. The van der Waals surface area contributed by atoms with Gasteiger partial charge in [0.2, 0.25) is 18.2 Å². The van der Waals surface area contributed by atoms with Gasteiger partial charge in [0.1, 0.15) is 30.2 Å². The second-order valence-corrected chi connectivity index (χ2v) is 8.95. The van der Waals surface area contributed by atoms with Gasteiger partial charge < -0.3 is 24.9 Å². The van der Waals surface area contributed by atoms with Crippen LogP contribution in [0, 0.1) is 18.6 Å². The molecule has 202 valence electrons. The van der Waals surface area contributed by atoms with Crippen molar-refractivity contribution in [3.63, 3.8) is 0 Å². The molecule has 4 N–H and O–H groups in total. The number of nitrogens with two attached hydrogens (primary N) is 1. The van der Waals surface area contributed by atoms with E-state index in [2.05, 4.69) is 26.2 Å². The van der Waals surface area contributed by atoms with Gasteiger partial charge in [-0.2, -0.15) is 0 Å². The molecule has 2 amide bonds. The Hall–Kier alpha value is -4.52. The highest BCUT2D eigenvalue weighted by molar-refractivity contribution is 9.10. The molecule has 0 saturated carbocycles. The Balaban J connectivity index is 1.59. The molecule has 10 nitrogen and oxygen atoms in total. The van der Waals surface area contributed by atoms with E-state index in [0.717, 1.165) is 22.4 Å². The molecule has 39 heavy (non-hydrogen) atoms. The molecule has 2 aromatic carbocycles. The van der Waals surface area contributed by atoms with Crippen molar-refractivity contribution in [2.45, 2.75) is 19.6 Å². The van der Waals surface area contributed by atoms with Gasteiger partial charge in [0.25, 0.3) is 11.6 Å². The lowest BCUT2D eigenvalue weighted by atomic mass is 10.1. The van der Waals surface area contributed by atoms with Crippen LogP contribution in [0.5, 0.6) is 5.75 Å². The third kappa shape index (κ3) is 6.49. The number of pyridine rings is 1. The first kappa shape index (κ1) is 27.5. The van der Waals surface area contributed by atoms with Crippen LogP contribution in [0.2, 0.25) is 0 Å². The number of aromatic nitrogens is 2. The Morgan fingerprint density at radius 2 is 1.92 bits per heavy atom. The molecule has 0 spiro atoms. The van der Waals surface area contributed by atoms with E-state index < -0.39 is 47.7 Å². The lowest BCUT2D eigenvalue weighted by Gasteiger charge is -2.17. The number of benzene rings is 2. The number of hydrogen-bond acceptors (Lipinski definition) is 7. The summed E-state index contributed by atoms with van der Waals surface area (Å²) in [5.74, 6) is -4.48. The first-order chi connectivity index (χ1) is 18.6. The fraction of sp³-hybridized carbons (Fsp3) is 0.154. The van der Waals surface area contributed by atoms with E-state index in [1.165, 1.54) is 6.20 Å². The van der Waals surface area contributed by atoms with E-state index in [1.54, 1.807) is 18.2 Å². The van der Waals surface area contributed by atoms with Gasteiger partial charge >= 0.3 is 6.09 Å². The summed E-state index contributed by atoms with van der Waals surface area (Å²) in [5, 5.41) is 12.2. The molecular weight excluding hydrogens is 582 g/mol. The zero-order chi connectivity index (χ0) is 28.1. The number of hydrogen-bond donors (Lipinski definition) is 3. The Labute approximate surface area is 229 Å². The summed E-state index contributed by atoms with van der Waals surface area (Å²) in [5.41, 5.74) is 6.61. The van der Waals surface area contributed by atoms with Gasteiger partial charge in [-0.1, -0.05) is 29.8 Å². The van der Waals surface area contributed by atoms with Crippen molar-refractivity contribution in [1.29, 1.82) is 0 Å². The smallest absolute Gasteiger partial charge is 0.407 e. The largest absolute Gasteiger partial charge is 0.474 e. The molecule has 13 heteroatoms. The maximum atomic E-state index is 14.9. The SMILES string of the molecule is Cc1ccc(-c2nc(C(COC(=O)NCc3cccc[n+]3O)Oc3ccc(F)c(C(N)=O)c3F)oc2Br)cc1. The monoisotopic (exact) mass is 603 g/mol. The molecule has 0 saturated heterocycles. The summed E-state index contributed by atoms with van der Waals surface area (Å²) in [6, 6.07) is 14.0. The van der Waals surface area contributed by atoms with Crippen molar-refractivity contribution in [1.82, 2.24) is 10.3 Å². The highest BCUT2D eigenvalue weighted by Crippen LogP contribution is 2.34. The first-order valence-electron chi connectivity index (χ1n) is 11.4. The van der Waals surface area contributed by atoms with Gasteiger partial charge in [-0.15, -0.1) is 0 Å². The van der Waals surface area contributed by atoms with Crippen molar-refractivity contribution in [3.05, 3.63) is 99.8 Å². The van der Waals surface area contributed by atoms with Crippen LogP contribution in [-0.2, 0) is 11.3 Å². The van der Waals surface area contributed by atoms with Gasteiger partial charge in [-0.05, 0) is 41.1 Å². The number of nitrogens with zero attached hydrogens (tertiary/aromatic N) is 2. The zero-order valence-corrected chi connectivity index (χ0v) is 21.9. The van der Waals surface area contributed by atoms with Gasteiger partial charge in [0.15, 0.2) is 16.2 Å². The first-order valence-corrected chi connectivity index (χ1v) is 12.2. The molecule has 0 aliphatic heterocycles. The molecule has 4 rings (SSSR count). The lowest BCUT2D eigenvalue weighted by Crippen LogP contribution is -2.38. The van der Waals surface area contributed by atoms with Crippen LogP contribution in [0.15, 0.2) is 69.9 Å². The molecule has 2 heterocycles. The minimum atomic E-state index is -1.34. The fourth-order valence-corrected chi connectivity index (χ4v) is 3.96. The van der Waals surface area contributed by atoms with Crippen LogP contribution in [0.1, 0.15) is 33.6 Å². The van der Waals surface area contributed by atoms with Gasteiger partial charge in [-0.25, -0.2) is 18.6 Å². The molecule has 0 radical (unpaired) electrons. The predicted octanol–water partition coefficient (Wildman–Crippen LogP) is 4.36. The van der Waals surface area contributed by atoms with Gasteiger partial charge in [0.05, 0.1) is 0 Å². The molecule has 4 aromatic rings. The van der Waals surface area contributed by atoms with Crippen molar-refractivity contribution < 1.29 is 42.2 Å². The molecule has 0 aliphatic carbocycles. The van der Waals surface area contributed by atoms with Crippen LogP contribution in [0.25, 0.3) is 11.3 Å². The minimum Gasteiger partial charge on any atom is -0.474 e. The Morgan fingerprint density at radius 1 is 1.18 bits per heavy atom. The number of halogens is 3. The summed E-state index contributed by atoms with van der Waals surface area (Å²) < 4.78 is 46.6. The normalized spacial score (nSPS) is 11.6. The fourth-order valence-electron chi connectivity index (χ4n) is 3.48. The summed E-state index contributed by atoms with van der Waals surface area (Å²) in [6.45, 7) is 1.33. The maximum Gasteiger partial charge on any atom is 0.407 e. The molecule has 0 aliphatic rings. The van der Waals surface area contributed by atoms with E-state index in [0.29, 0.717) is 17.0 Å². The molecule has 2 aromatic heterocycles. The summed E-state index contributed by atoms with van der Waals surface area (Å²) >= 11 is 3.30. The van der Waals surface area contributed by atoms with Crippen LogP contribution < -0.4 is 20.5 Å². The van der Waals surface area contributed by atoms with Crippen LogP contribution in [0.4, 0.5) is 13.6 Å². The number of nitrogens with one attached hydrogen (secondary N) is 1. The van der Waals surface area contributed by atoms with Crippen molar-refractivity contribution in [2.24, 2.45) is 5.73 Å². The average Bonchev–Trinajstić information content (AvgIpc) is 3.28. The number of primary amides is 1. The van der Waals surface area contributed by atoms with E-state index in [4.69, 9.17) is 19.6 Å². The van der Waals surface area contributed by atoms with Crippen molar-refractivity contribution >= 4 is 27.9 Å². The second kappa shape index (κ2) is 11.9. The highest BCUT2D eigenvalue weighted by Gasteiger charge is 2.28. The van der Waals surface area contributed by atoms with Gasteiger partial charge in [-0.3, -0.25) is 10.0 Å². The molecule has 0 fully saturated rings.